The van der Waals surface area contributed by atoms with E-state index in [4.69, 9.17) is 10.5 Å². The van der Waals surface area contributed by atoms with E-state index in [0.29, 0.717) is 12.5 Å². The van der Waals surface area contributed by atoms with Crippen LogP contribution in [0.15, 0.2) is 28.7 Å². The summed E-state index contributed by atoms with van der Waals surface area (Å²) in [6, 6.07) is 7.80. The molecule has 2 N–H and O–H groups in total. The van der Waals surface area contributed by atoms with E-state index in [9.17, 15) is 0 Å². The summed E-state index contributed by atoms with van der Waals surface area (Å²) in [6.07, 6.45) is 0.0937. The smallest absolute Gasteiger partial charge is 0.119 e. The normalized spacial score (nSPS) is 12.9. The molecule has 0 aliphatic carbocycles. The number of benzene rings is 1. The molecule has 14 heavy (non-hydrogen) atoms. The SMILES string of the molecule is CC(C)C(CN)Oc1ccc(Br)cc1. The number of hydrogen-bond acceptors (Lipinski definition) is 2. The lowest BCUT2D eigenvalue weighted by molar-refractivity contribution is 0.159. The van der Waals surface area contributed by atoms with E-state index in [1.54, 1.807) is 0 Å². The van der Waals surface area contributed by atoms with Crippen LogP contribution in [0.3, 0.4) is 0 Å². The zero-order valence-electron chi connectivity index (χ0n) is 8.53. The van der Waals surface area contributed by atoms with Crippen LogP contribution in [0.5, 0.6) is 5.75 Å². The van der Waals surface area contributed by atoms with Gasteiger partial charge in [0.25, 0.3) is 0 Å². The Morgan fingerprint density at radius 3 is 2.29 bits per heavy atom. The van der Waals surface area contributed by atoms with Gasteiger partial charge in [0.2, 0.25) is 0 Å². The van der Waals surface area contributed by atoms with Crippen molar-refractivity contribution < 1.29 is 4.74 Å². The Morgan fingerprint density at radius 2 is 1.86 bits per heavy atom. The highest BCUT2D eigenvalue weighted by Gasteiger charge is 2.12. The molecule has 0 aromatic heterocycles. The minimum atomic E-state index is 0.0937. The van der Waals surface area contributed by atoms with E-state index in [1.807, 2.05) is 24.3 Å². The van der Waals surface area contributed by atoms with E-state index in [0.717, 1.165) is 10.2 Å². The Labute approximate surface area is 93.6 Å². The molecule has 0 aliphatic heterocycles. The van der Waals surface area contributed by atoms with Crippen molar-refractivity contribution >= 4 is 15.9 Å². The average molecular weight is 258 g/mol. The first kappa shape index (κ1) is 11.5. The van der Waals surface area contributed by atoms with E-state index < -0.39 is 0 Å². The van der Waals surface area contributed by atoms with E-state index in [2.05, 4.69) is 29.8 Å². The first-order chi connectivity index (χ1) is 6.63. The van der Waals surface area contributed by atoms with Gasteiger partial charge in [0.1, 0.15) is 11.9 Å². The fourth-order valence-electron chi connectivity index (χ4n) is 1.14. The molecule has 0 bridgehead atoms. The molecule has 78 valence electrons. The molecule has 0 fully saturated rings. The lowest BCUT2D eigenvalue weighted by Crippen LogP contribution is -2.31. The number of halogens is 1. The first-order valence-electron chi connectivity index (χ1n) is 4.75. The maximum Gasteiger partial charge on any atom is 0.119 e. The van der Waals surface area contributed by atoms with Crippen LogP contribution in [0.1, 0.15) is 13.8 Å². The van der Waals surface area contributed by atoms with Gasteiger partial charge in [-0.2, -0.15) is 0 Å². The van der Waals surface area contributed by atoms with Crippen molar-refractivity contribution in [2.75, 3.05) is 6.54 Å². The van der Waals surface area contributed by atoms with Crippen molar-refractivity contribution in [1.82, 2.24) is 0 Å². The molecule has 0 spiro atoms. The summed E-state index contributed by atoms with van der Waals surface area (Å²) in [5.74, 6) is 1.31. The summed E-state index contributed by atoms with van der Waals surface area (Å²) >= 11 is 3.38. The number of nitrogens with two attached hydrogens (primary N) is 1. The fourth-order valence-corrected chi connectivity index (χ4v) is 1.41. The maximum absolute atomic E-state index is 5.73. The molecule has 0 heterocycles. The number of ether oxygens (including phenoxy) is 1. The van der Waals surface area contributed by atoms with Gasteiger partial charge in [-0.25, -0.2) is 0 Å². The van der Waals surface area contributed by atoms with Gasteiger partial charge in [-0.05, 0) is 30.2 Å². The molecule has 0 aliphatic rings. The van der Waals surface area contributed by atoms with Crippen molar-refractivity contribution in [2.24, 2.45) is 11.7 Å². The van der Waals surface area contributed by atoms with Crippen LogP contribution < -0.4 is 10.5 Å². The molecule has 1 atom stereocenters. The summed E-state index contributed by atoms with van der Waals surface area (Å²) in [6.45, 7) is 4.76. The largest absolute Gasteiger partial charge is 0.489 e. The van der Waals surface area contributed by atoms with Crippen LogP contribution >= 0.6 is 15.9 Å². The molecule has 0 saturated carbocycles. The highest BCUT2D eigenvalue weighted by molar-refractivity contribution is 9.10. The van der Waals surface area contributed by atoms with Crippen molar-refractivity contribution in [1.29, 1.82) is 0 Å². The molecule has 1 unspecified atom stereocenters. The third kappa shape index (κ3) is 3.31. The summed E-state index contributed by atoms with van der Waals surface area (Å²) in [7, 11) is 0. The second kappa shape index (κ2) is 5.37. The van der Waals surface area contributed by atoms with Crippen molar-refractivity contribution in [3.05, 3.63) is 28.7 Å². The van der Waals surface area contributed by atoms with Crippen LogP contribution in [0.2, 0.25) is 0 Å². The van der Waals surface area contributed by atoms with E-state index in [-0.39, 0.29) is 6.10 Å². The van der Waals surface area contributed by atoms with E-state index >= 15 is 0 Å². The average Bonchev–Trinajstić information content (AvgIpc) is 2.16. The summed E-state index contributed by atoms with van der Waals surface area (Å²) < 4.78 is 6.79. The molecule has 3 heteroatoms. The Hall–Kier alpha value is -0.540. The predicted molar refractivity (Wildman–Crippen MR) is 62.5 cm³/mol. The predicted octanol–water partition coefficient (Wildman–Crippen LogP) is 2.81. The number of hydrogen-bond donors (Lipinski definition) is 1. The molecule has 1 aromatic rings. The molecular weight excluding hydrogens is 242 g/mol. The molecule has 1 aromatic carbocycles. The maximum atomic E-state index is 5.73. The van der Waals surface area contributed by atoms with Crippen LogP contribution in [0, 0.1) is 5.92 Å². The zero-order chi connectivity index (χ0) is 10.6. The fraction of sp³-hybridized carbons (Fsp3) is 0.455. The van der Waals surface area contributed by atoms with Gasteiger partial charge in [0.05, 0.1) is 0 Å². The van der Waals surface area contributed by atoms with Gasteiger partial charge in [-0.1, -0.05) is 29.8 Å². The van der Waals surface area contributed by atoms with Gasteiger partial charge in [-0.15, -0.1) is 0 Å². The Balaban J connectivity index is 2.63. The first-order valence-corrected chi connectivity index (χ1v) is 5.55. The molecule has 2 nitrogen and oxygen atoms in total. The zero-order valence-corrected chi connectivity index (χ0v) is 10.1. The lowest BCUT2D eigenvalue weighted by atomic mass is 10.1. The monoisotopic (exact) mass is 257 g/mol. The Bertz CT molecular complexity index is 271. The minimum absolute atomic E-state index is 0.0937. The highest BCUT2D eigenvalue weighted by atomic mass is 79.9. The lowest BCUT2D eigenvalue weighted by Gasteiger charge is -2.20. The van der Waals surface area contributed by atoms with E-state index in [1.165, 1.54) is 0 Å². The summed E-state index contributed by atoms with van der Waals surface area (Å²) in [5, 5.41) is 0. The van der Waals surface area contributed by atoms with Crippen molar-refractivity contribution in [2.45, 2.75) is 20.0 Å². The number of rotatable bonds is 4. The Kier molecular flexibility index (Phi) is 4.42. The summed E-state index contributed by atoms with van der Waals surface area (Å²) in [4.78, 5) is 0. The molecule has 0 amide bonds. The van der Waals surface area contributed by atoms with Crippen LogP contribution in [0.25, 0.3) is 0 Å². The highest BCUT2D eigenvalue weighted by Crippen LogP contribution is 2.18. The van der Waals surface area contributed by atoms with Gasteiger partial charge in [0.15, 0.2) is 0 Å². The quantitative estimate of drug-likeness (QED) is 0.901. The molecule has 1 rings (SSSR count). The van der Waals surface area contributed by atoms with Crippen molar-refractivity contribution in [3.8, 4) is 5.75 Å². The van der Waals surface area contributed by atoms with Crippen LogP contribution in [0.4, 0.5) is 0 Å². The van der Waals surface area contributed by atoms with Gasteiger partial charge >= 0.3 is 0 Å². The van der Waals surface area contributed by atoms with Gasteiger partial charge in [0, 0.05) is 11.0 Å². The van der Waals surface area contributed by atoms with Crippen LogP contribution in [-0.2, 0) is 0 Å². The standard InChI is InChI=1S/C11H16BrNO/c1-8(2)11(7-13)14-10-5-3-9(12)4-6-10/h3-6,8,11H,7,13H2,1-2H3. The minimum Gasteiger partial charge on any atom is -0.489 e. The summed E-state index contributed by atoms with van der Waals surface area (Å²) in [5.41, 5.74) is 5.62. The molecule has 0 saturated heterocycles. The second-order valence-corrected chi connectivity index (χ2v) is 4.51. The Morgan fingerprint density at radius 1 is 1.29 bits per heavy atom. The third-order valence-electron chi connectivity index (χ3n) is 2.08. The van der Waals surface area contributed by atoms with Gasteiger partial charge < -0.3 is 10.5 Å². The topological polar surface area (TPSA) is 35.2 Å². The van der Waals surface area contributed by atoms with Crippen LogP contribution in [-0.4, -0.2) is 12.6 Å². The third-order valence-corrected chi connectivity index (χ3v) is 2.61. The van der Waals surface area contributed by atoms with Crippen molar-refractivity contribution in [3.63, 3.8) is 0 Å². The molecular formula is C11H16BrNO. The molecule has 0 radical (unpaired) electrons. The van der Waals surface area contributed by atoms with Gasteiger partial charge in [-0.3, -0.25) is 0 Å². The second-order valence-electron chi connectivity index (χ2n) is 3.59.